The molecule has 2 aliphatic heterocycles. The Hall–Kier alpha value is -5.39. The number of hydrogen-bond acceptors (Lipinski definition) is 3. The van der Waals surface area contributed by atoms with E-state index in [4.69, 9.17) is 4.42 Å². The SMILES string of the molecule is [B]1c2c(cc3oc4ccccc4c3c2-c2cccc3c2Nc2ccccc2S3)-n2c3ccc4ccccc4c3c3cccc1c32. The van der Waals surface area contributed by atoms with Crippen molar-refractivity contribution < 1.29 is 4.42 Å². The van der Waals surface area contributed by atoms with Crippen LogP contribution in [-0.2, 0) is 0 Å². The summed E-state index contributed by atoms with van der Waals surface area (Å²) in [5.41, 5.74) is 12.5. The monoisotopic (exact) mass is 589 g/mol. The van der Waals surface area contributed by atoms with Crippen molar-refractivity contribution in [2.24, 2.45) is 0 Å². The molecular weight excluding hydrogens is 567 g/mol. The first-order chi connectivity index (χ1) is 22.3. The van der Waals surface area contributed by atoms with Crippen LogP contribution in [-0.4, -0.2) is 11.8 Å². The van der Waals surface area contributed by atoms with Crippen LogP contribution in [0.5, 0.6) is 0 Å². The van der Waals surface area contributed by atoms with E-state index in [0.29, 0.717) is 0 Å². The summed E-state index contributed by atoms with van der Waals surface area (Å²) in [4.78, 5) is 2.46. The predicted octanol–water partition coefficient (Wildman–Crippen LogP) is 9.68. The third-order valence-electron chi connectivity index (χ3n) is 9.60. The van der Waals surface area contributed by atoms with Crippen LogP contribution < -0.4 is 16.2 Å². The van der Waals surface area contributed by atoms with Crippen LogP contribution in [0.15, 0.2) is 142 Å². The number of anilines is 2. The van der Waals surface area contributed by atoms with E-state index in [-0.39, 0.29) is 0 Å². The van der Waals surface area contributed by atoms with E-state index in [9.17, 15) is 0 Å². The van der Waals surface area contributed by atoms with Crippen molar-refractivity contribution in [3.05, 3.63) is 127 Å². The van der Waals surface area contributed by atoms with Gasteiger partial charge < -0.3 is 14.3 Å². The first-order valence-corrected chi connectivity index (χ1v) is 16.1. The van der Waals surface area contributed by atoms with E-state index >= 15 is 0 Å². The summed E-state index contributed by atoms with van der Waals surface area (Å²) >= 11 is 1.83. The molecule has 4 heterocycles. The van der Waals surface area contributed by atoms with Gasteiger partial charge in [0.25, 0.3) is 0 Å². The lowest BCUT2D eigenvalue weighted by atomic mass is 9.58. The van der Waals surface area contributed by atoms with Crippen LogP contribution in [0, 0.1) is 0 Å². The van der Waals surface area contributed by atoms with Gasteiger partial charge in [-0.1, -0.05) is 108 Å². The maximum Gasteiger partial charge on any atom is 0.197 e. The number of nitrogens with one attached hydrogen (secondary N) is 1. The van der Waals surface area contributed by atoms with Gasteiger partial charge in [0.15, 0.2) is 7.28 Å². The highest BCUT2D eigenvalue weighted by Crippen LogP contribution is 2.50. The minimum atomic E-state index is 0.898. The van der Waals surface area contributed by atoms with Crippen LogP contribution in [0.3, 0.4) is 0 Å². The van der Waals surface area contributed by atoms with Crippen LogP contribution in [0.2, 0.25) is 0 Å². The van der Waals surface area contributed by atoms with Crippen molar-refractivity contribution in [3.63, 3.8) is 0 Å². The number of para-hydroxylation sites is 4. The number of nitrogens with zero attached hydrogens (tertiary/aromatic N) is 1. The van der Waals surface area contributed by atoms with Gasteiger partial charge in [-0.3, -0.25) is 0 Å². The second-order valence-corrected chi connectivity index (χ2v) is 13.0. The Bertz CT molecular complexity index is 2760. The summed E-state index contributed by atoms with van der Waals surface area (Å²) in [6, 6.07) is 45.9. The molecule has 9 aromatic rings. The molecule has 45 heavy (non-hydrogen) atoms. The standard InChI is InChI=1S/C40H22BN2OS/c1-2-10-23-22(9-1)19-20-29-35(23)26-13-7-14-27-40(26)43(29)30-21-32-36(24-11-3-5-16-31(24)44-32)37(38(30)41-27)25-12-8-18-34-39(25)42-28-15-4-6-17-33(28)45-34/h1-21,42H. The lowest BCUT2D eigenvalue weighted by molar-refractivity contribution is 0.669. The smallest absolute Gasteiger partial charge is 0.197 e. The molecule has 0 aliphatic carbocycles. The van der Waals surface area contributed by atoms with Crippen LogP contribution in [0.1, 0.15) is 0 Å². The fourth-order valence-electron chi connectivity index (χ4n) is 7.75. The van der Waals surface area contributed by atoms with Gasteiger partial charge in [-0.05, 0) is 52.1 Å². The summed E-state index contributed by atoms with van der Waals surface area (Å²) in [5, 5.41) is 11.2. The number of rotatable bonds is 1. The highest BCUT2D eigenvalue weighted by atomic mass is 32.2. The third-order valence-corrected chi connectivity index (χ3v) is 10.7. The molecule has 0 spiro atoms. The average molecular weight is 590 g/mol. The van der Waals surface area contributed by atoms with Crippen molar-refractivity contribution in [2.45, 2.75) is 9.79 Å². The zero-order valence-corrected chi connectivity index (χ0v) is 24.8. The van der Waals surface area contributed by atoms with Crippen molar-refractivity contribution >= 4 is 95.9 Å². The van der Waals surface area contributed by atoms with Gasteiger partial charge >= 0.3 is 0 Å². The molecule has 1 N–H and O–H groups in total. The Labute approximate surface area is 263 Å². The molecule has 2 aromatic heterocycles. The average Bonchev–Trinajstić information content (AvgIpc) is 3.63. The first kappa shape index (κ1) is 24.0. The lowest BCUT2D eigenvalue weighted by Crippen LogP contribution is -2.37. The third kappa shape index (κ3) is 3.13. The number of hydrogen-bond donors (Lipinski definition) is 1. The normalized spacial score (nSPS) is 13.2. The van der Waals surface area contributed by atoms with Gasteiger partial charge in [0.1, 0.15) is 11.2 Å². The minimum Gasteiger partial charge on any atom is -0.456 e. The quantitative estimate of drug-likeness (QED) is 0.193. The Kier molecular flexibility index (Phi) is 4.60. The minimum absolute atomic E-state index is 0.898. The largest absolute Gasteiger partial charge is 0.456 e. The molecule has 207 valence electrons. The molecule has 5 heteroatoms. The summed E-state index contributed by atoms with van der Waals surface area (Å²) in [6.45, 7) is 0. The molecule has 0 amide bonds. The highest BCUT2D eigenvalue weighted by Gasteiger charge is 2.31. The Balaban J connectivity index is 1.31. The molecule has 0 fully saturated rings. The van der Waals surface area contributed by atoms with Gasteiger partial charge in [0.05, 0.1) is 16.9 Å². The van der Waals surface area contributed by atoms with E-state index in [0.717, 1.165) is 39.0 Å². The maximum absolute atomic E-state index is 6.67. The molecule has 0 saturated heterocycles. The van der Waals surface area contributed by atoms with Gasteiger partial charge in [-0.15, -0.1) is 0 Å². The summed E-state index contributed by atoms with van der Waals surface area (Å²) in [6.07, 6.45) is 0. The maximum atomic E-state index is 6.67. The lowest BCUT2D eigenvalue weighted by Gasteiger charge is -2.27. The van der Waals surface area contributed by atoms with Crippen molar-refractivity contribution in [1.82, 2.24) is 4.57 Å². The van der Waals surface area contributed by atoms with E-state index in [1.165, 1.54) is 64.4 Å². The van der Waals surface area contributed by atoms with Crippen molar-refractivity contribution in [3.8, 4) is 16.8 Å². The summed E-state index contributed by atoms with van der Waals surface area (Å²) in [7, 11) is 2.40. The Morgan fingerprint density at radius 1 is 0.644 bits per heavy atom. The Morgan fingerprint density at radius 2 is 1.44 bits per heavy atom. The highest BCUT2D eigenvalue weighted by molar-refractivity contribution is 7.99. The number of aromatic nitrogens is 1. The second kappa shape index (κ2) is 8.62. The molecule has 0 bridgehead atoms. The van der Waals surface area contributed by atoms with Crippen molar-refractivity contribution in [1.29, 1.82) is 0 Å². The zero-order chi connectivity index (χ0) is 29.2. The summed E-state index contributed by atoms with van der Waals surface area (Å²) < 4.78 is 9.15. The van der Waals surface area contributed by atoms with E-state index < -0.39 is 0 Å². The van der Waals surface area contributed by atoms with Crippen LogP contribution in [0.4, 0.5) is 11.4 Å². The predicted molar refractivity (Wildman–Crippen MR) is 190 cm³/mol. The van der Waals surface area contributed by atoms with Crippen molar-refractivity contribution in [2.75, 3.05) is 5.32 Å². The number of fused-ring (bicyclic) bond motifs is 12. The van der Waals surface area contributed by atoms with E-state index in [1.807, 2.05) is 11.8 Å². The Morgan fingerprint density at radius 3 is 2.42 bits per heavy atom. The number of benzene rings is 7. The van der Waals surface area contributed by atoms with Crippen LogP contribution in [0.25, 0.3) is 71.3 Å². The number of furan rings is 1. The first-order valence-electron chi connectivity index (χ1n) is 15.3. The van der Waals surface area contributed by atoms with Gasteiger partial charge in [0, 0.05) is 54.2 Å². The van der Waals surface area contributed by atoms with E-state index in [1.54, 1.807) is 0 Å². The molecule has 2 aliphatic rings. The molecule has 11 rings (SSSR count). The van der Waals surface area contributed by atoms with Gasteiger partial charge in [-0.2, -0.15) is 0 Å². The molecule has 7 aromatic carbocycles. The molecule has 1 radical (unpaired) electrons. The molecule has 0 unspecified atom stereocenters. The molecular formula is C40H22BN2OS. The molecule has 3 nitrogen and oxygen atoms in total. The topological polar surface area (TPSA) is 30.1 Å². The molecule has 0 saturated carbocycles. The fourth-order valence-corrected chi connectivity index (χ4v) is 8.77. The summed E-state index contributed by atoms with van der Waals surface area (Å²) in [5.74, 6) is 0. The zero-order valence-electron chi connectivity index (χ0n) is 24.0. The molecule has 0 atom stereocenters. The fraction of sp³-hybridized carbons (Fsp3) is 0. The van der Waals surface area contributed by atoms with Crippen LogP contribution >= 0.6 is 11.8 Å². The van der Waals surface area contributed by atoms with Gasteiger partial charge in [0.2, 0.25) is 0 Å². The second-order valence-electron chi connectivity index (χ2n) is 12.0. The van der Waals surface area contributed by atoms with E-state index in [2.05, 4.69) is 145 Å². The van der Waals surface area contributed by atoms with Gasteiger partial charge in [-0.25, -0.2) is 0 Å².